The van der Waals surface area contributed by atoms with Crippen molar-refractivity contribution in [2.24, 2.45) is 11.8 Å². The van der Waals surface area contributed by atoms with E-state index in [2.05, 4.69) is 10.3 Å². The van der Waals surface area contributed by atoms with Gasteiger partial charge in [-0.1, -0.05) is 25.1 Å². The zero-order valence-electron chi connectivity index (χ0n) is 30.9. The van der Waals surface area contributed by atoms with E-state index >= 15 is 0 Å². The molecule has 50 heavy (non-hydrogen) atoms. The largest absolute Gasteiger partial charge is 0.508 e. The number of esters is 1. The van der Waals surface area contributed by atoms with E-state index in [1.807, 2.05) is 39.8 Å². The molecule has 2 aromatic rings. The summed E-state index contributed by atoms with van der Waals surface area (Å²) in [6.45, 7) is 15.2. The van der Waals surface area contributed by atoms with E-state index in [4.69, 9.17) is 9.47 Å². The number of rotatable bonds is 10. The molecular weight excluding hydrogens is 636 g/mol. The van der Waals surface area contributed by atoms with E-state index in [1.165, 1.54) is 0 Å². The molecule has 3 heterocycles. The second kappa shape index (κ2) is 16.7. The van der Waals surface area contributed by atoms with Crippen LogP contribution in [0.2, 0.25) is 0 Å². The number of piperidine rings is 2. The van der Waals surface area contributed by atoms with Crippen molar-refractivity contribution >= 4 is 23.9 Å². The topological polar surface area (TPSA) is 138 Å². The number of ether oxygens (including phenoxy) is 2. The molecule has 0 spiro atoms. The standard InChI is InChI=1S/C39H56N4O7/c1-26(28-10-8-12-32(44)21-28)30-20-31(24-40-23-30)33(22-35(46)49-38(2,3)4)41-36(47)29-11-9-17-43(25-29)34(45)14-13-27-15-18-42(19-16-27)37(48)50-39(5,6)7/h8,10,12,20-21,23-24,26-27,29,33,44H,9,11,13-19,22,25H2,1-7H3,(H,41,47)/t26-,29+,33-/m0/s1. The lowest BCUT2D eigenvalue weighted by atomic mass is 9.91. The molecular formula is C39H56N4O7. The molecule has 2 fully saturated rings. The summed E-state index contributed by atoms with van der Waals surface area (Å²) in [4.78, 5) is 60.5. The van der Waals surface area contributed by atoms with Crippen LogP contribution in [0, 0.1) is 11.8 Å². The molecule has 3 amide bonds. The number of aromatic nitrogens is 1. The molecule has 4 rings (SSSR count). The van der Waals surface area contributed by atoms with Crippen molar-refractivity contribution in [2.45, 2.75) is 117 Å². The number of nitrogens with zero attached hydrogens (tertiary/aromatic N) is 3. The SMILES string of the molecule is C[C@@H](c1cccc(O)c1)c1cncc([C@H](CC(=O)OC(C)(C)C)NC(=O)[C@@H]2CCCN(C(=O)CCC3CCN(C(=O)OC(C)(C)C)CC3)C2)c1. The van der Waals surface area contributed by atoms with Gasteiger partial charge in [0.1, 0.15) is 17.0 Å². The number of phenols is 1. The van der Waals surface area contributed by atoms with Crippen molar-refractivity contribution in [3.05, 3.63) is 59.4 Å². The van der Waals surface area contributed by atoms with Gasteiger partial charge in [-0.3, -0.25) is 19.4 Å². The van der Waals surface area contributed by atoms with Crippen LogP contribution >= 0.6 is 0 Å². The van der Waals surface area contributed by atoms with Gasteiger partial charge in [0.2, 0.25) is 11.8 Å². The third kappa shape index (κ3) is 11.7. The average Bonchev–Trinajstić information content (AvgIpc) is 3.05. The Labute approximate surface area is 297 Å². The number of carbonyl (C=O) groups is 4. The first-order valence-electron chi connectivity index (χ1n) is 18.0. The third-order valence-corrected chi connectivity index (χ3v) is 9.34. The first-order valence-corrected chi connectivity index (χ1v) is 18.0. The van der Waals surface area contributed by atoms with Crippen molar-refractivity contribution in [3.8, 4) is 5.75 Å². The number of nitrogens with one attached hydrogen (secondary N) is 1. The van der Waals surface area contributed by atoms with Crippen LogP contribution in [0.15, 0.2) is 42.7 Å². The van der Waals surface area contributed by atoms with Crippen LogP contribution in [0.5, 0.6) is 5.75 Å². The number of likely N-dealkylation sites (tertiary alicyclic amines) is 2. The summed E-state index contributed by atoms with van der Waals surface area (Å²) < 4.78 is 11.1. The molecule has 11 nitrogen and oxygen atoms in total. The summed E-state index contributed by atoms with van der Waals surface area (Å²) in [7, 11) is 0. The summed E-state index contributed by atoms with van der Waals surface area (Å²) >= 11 is 0. The minimum Gasteiger partial charge on any atom is -0.508 e. The first kappa shape index (κ1) is 38.6. The third-order valence-electron chi connectivity index (χ3n) is 9.34. The molecule has 2 aliphatic heterocycles. The zero-order valence-corrected chi connectivity index (χ0v) is 30.9. The van der Waals surface area contributed by atoms with Gasteiger partial charge in [-0.2, -0.15) is 0 Å². The number of carbonyl (C=O) groups excluding carboxylic acids is 4. The van der Waals surface area contributed by atoms with Crippen LogP contribution in [0.25, 0.3) is 0 Å². The van der Waals surface area contributed by atoms with E-state index in [1.54, 1.807) is 61.2 Å². The van der Waals surface area contributed by atoms with Crippen molar-refractivity contribution in [2.75, 3.05) is 26.2 Å². The number of benzene rings is 1. The minimum absolute atomic E-state index is 0.0419. The predicted octanol–water partition coefficient (Wildman–Crippen LogP) is 6.49. The minimum atomic E-state index is -0.686. The molecule has 0 aliphatic carbocycles. The van der Waals surface area contributed by atoms with Gasteiger partial charge in [0.05, 0.1) is 18.4 Å². The molecule has 2 saturated heterocycles. The van der Waals surface area contributed by atoms with Crippen molar-refractivity contribution in [1.29, 1.82) is 0 Å². The molecule has 2 aliphatic rings. The van der Waals surface area contributed by atoms with E-state index in [-0.39, 0.29) is 36.0 Å². The Bertz CT molecular complexity index is 1490. The molecule has 2 N–H and O–H groups in total. The Morgan fingerprint density at radius 3 is 2.24 bits per heavy atom. The van der Waals surface area contributed by atoms with Gasteiger partial charge < -0.3 is 29.7 Å². The van der Waals surface area contributed by atoms with Crippen molar-refractivity contribution in [1.82, 2.24) is 20.1 Å². The van der Waals surface area contributed by atoms with Crippen LogP contribution in [0.4, 0.5) is 4.79 Å². The van der Waals surface area contributed by atoms with Gasteiger partial charge in [-0.05, 0) is 108 Å². The Balaban J connectivity index is 1.37. The summed E-state index contributed by atoms with van der Waals surface area (Å²) in [5.74, 6) is -0.580. The Morgan fingerprint density at radius 2 is 1.58 bits per heavy atom. The predicted molar refractivity (Wildman–Crippen MR) is 190 cm³/mol. The van der Waals surface area contributed by atoms with Crippen LogP contribution in [0.3, 0.4) is 0 Å². The Kier molecular flexibility index (Phi) is 12.9. The van der Waals surface area contributed by atoms with Crippen molar-refractivity contribution in [3.63, 3.8) is 0 Å². The Morgan fingerprint density at radius 1 is 0.900 bits per heavy atom. The molecule has 3 atom stereocenters. The lowest BCUT2D eigenvalue weighted by Gasteiger charge is -2.35. The molecule has 1 aromatic carbocycles. The maximum atomic E-state index is 13.8. The molecule has 274 valence electrons. The van der Waals surface area contributed by atoms with Crippen LogP contribution in [-0.4, -0.2) is 81.1 Å². The second-order valence-corrected chi connectivity index (χ2v) is 15.8. The van der Waals surface area contributed by atoms with E-state index in [0.717, 1.165) is 30.4 Å². The van der Waals surface area contributed by atoms with Gasteiger partial charge >= 0.3 is 12.1 Å². The molecule has 0 bridgehead atoms. The highest BCUT2D eigenvalue weighted by Crippen LogP contribution is 2.30. The van der Waals surface area contributed by atoms with E-state index in [9.17, 15) is 24.3 Å². The second-order valence-electron chi connectivity index (χ2n) is 15.8. The monoisotopic (exact) mass is 692 g/mol. The lowest BCUT2D eigenvalue weighted by Crippen LogP contribution is -2.46. The van der Waals surface area contributed by atoms with Crippen LogP contribution in [0.1, 0.15) is 122 Å². The highest BCUT2D eigenvalue weighted by Gasteiger charge is 2.32. The fourth-order valence-electron chi connectivity index (χ4n) is 6.62. The number of hydrogen-bond donors (Lipinski definition) is 2. The first-order chi connectivity index (χ1) is 23.5. The summed E-state index contributed by atoms with van der Waals surface area (Å²) in [5.41, 5.74) is 1.25. The van der Waals surface area contributed by atoms with E-state index < -0.39 is 29.1 Å². The maximum Gasteiger partial charge on any atom is 0.410 e. The quantitative estimate of drug-likeness (QED) is 0.270. The summed E-state index contributed by atoms with van der Waals surface area (Å²) in [6, 6.07) is 8.31. The highest BCUT2D eigenvalue weighted by atomic mass is 16.6. The van der Waals surface area contributed by atoms with Crippen LogP contribution in [-0.2, 0) is 23.9 Å². The number of pyridine rings is 1. The van der Waals surface area contributed by atoms with Gasteiger partial charge in [-0.15, -0.1) is 0 Å². The van der Waals surface area contributed by atoms with Gasteiger partial charge in [0.15, 0.2) is 0 Å². The lowest BCUT2D eigenvalue weighted by molar-refractivity contribution is -0.155. The molecule has 1 aromatic heterocycles. The zero-order chi connectivity index (χ0) is 36.6. The average molecular weight is 693 g/mol. The smallest absolute Gasteiger partial charge is 0.410 e. The van der Waals surface area contributed by atoms with Gasteiger partial charge in [0.25, 0.3) is 0 Å². The van der Waals surface area contributed by atoms with Gasteiger partial charge in [-0.25, -0.2) is 4.79 Å². The summed E-state index contributed by atoms with van der Waals surface area (Å²) in [5, 5.41) is 13.1. The fourth-order valence-corrected chi connectivity index (χ4v) is 6.62. The number of amides is 3. The number of phenolic OH excluding ortho intramolecular Hbond substituents is 1. The molecule has 11 heteroatoms. The summed E-state index contributed by atoms with van der Waals surface area (Å²) in [6.07, 6.45) is 7.22. The Hall–Kier alpha value is -4.15. The maximum absolute atomic E-state index is 13.8. The molecule has 0 saturated carbocycles. The normalized spacial score (nSPS) is 18.6. The number of hydrogen-bond acceptors (Lipinski definition) is 8. The highest BCUT2D eigenvalue weighted by molar-refractivity contribution is 5.82. The van der Waals surface area contributed by atoms with Crippen molar-refractivity contribution < 1.29 is 33.8 Å². The molecule has 0 unspecified atom stereocenters. The van der Waals surface area contributed by atoms with E-state index in [0.29, 0.717) is 56.9 Å². The van der Waals surface area contributed by atoms with Crippen LogP contribution < -0.4 is 5.32 Å². The molecule has 0 radical (unpaired) electrons. The fraction of sp³-hybridized carbons (Fsp3) is 0.615. The number of aromatic hydroxyl groups is 1. The van der Waals surface area contributed by atoms with Gasteiger partial charge in [0, 0.05) is 50.9 Å².